The molecule has 0 aromatic heterocycles. The van der Waals surface area contributed by atoms with E-state index in [1.54, 1.807) is 4.90 Å². The van der Waals surface area contributed by atoms with E-state index in [1.165, 1.54) is 32.4 Å². The van der Waals surface area contributed by atoms with Crippen molar-refractivity contribution in [1.82, 2.24) is 9.62 Å². The highest BCUT2D eigenvalue weighted by Crippen LogP contribution is 2.29. The summed E-state index contributed by atoms with van der Waals surface area (Å²) < 4.78 is 48.9. The van der Waals surface area contributed by atoms with Gasteiger partial charge in [-0.05, 0) is 25.0 Å². The number of methoxy groups -OCH3 is 2. The minimum atomic E-state index is -3.76. The molecule has 29 heavy (non-hydrogen) atoms. The molecule has 1 aromatic rings. The van der Waals surface area contributed by atoms with Crippen molar-refractivity contribution < 1.29 is 32.2 Å². The smallest absolute Gasteiger partial charge is 0.240 e. The number of carbonyl (C=O) groups is 1. The Morgan fingerprint density at radius 3 is 2.62 bits per heavy atom. The van der Waals surface area contributed by atoms with Crippen LogP contribution >= 0.6 is 0 Å². The van der Waals surface area contributed by atoms with Crippen LogP contribution in [0.25, 0.3) is 0 Å². The van der Waals surface area contributed by atoms with E-state index in [0.29, 0.717) is 37.8 Å². The number of hydrogen-bond donors (Lipinski definition) is 1. The van der Waals surface area contributed by atoms with Crippen LogP contribution in [0.1, 0.15) is 19.3 Å². The molecule has 1 N–H and O–H groups in total. The summed E-state index contributed by atoms with van der Waals surface area (Å²) in [6, 6.07) is 4.35. The molecule has 2 heterocycles. The molecule has 0 saturated carbocycles. The molecule has 0 radical (unpaired) electrons. The van der Waals surface area contributed by atoms with Crippen molar-refractivity contribution in [2.75, 3.05) is 47.1 Å². The van der Waals surface area contributed by atoms with Gasteiger partial charge in [-0.2, -0.15) is 0 Å². The molecule has 1 aromatic carbocycles. The number of benzene rings is 1. The number of nitrogens with one attached hydrogen (secondary N) is 1. The Labute approximate surface area is 171 Å². The Morgan fingerprint density at radius 1 is 1.21 bits per heavy atom. The highest BCUT2D eigenvalue weighted by atomic mass is 32.2. The van der Waals surface area contributed by atoms with Crippen molar-refractivity contribution in [1.29, 1.82) is 0 Å². The van der Waals surface area contributed by atoms with E-state index in [1.807, 2.05) is 0 Å². The summed E-state index contributed by atoms with van der Waals surface area (Å²) in [6.45, 7) is 2.45. The van der Waals surface area contributed by atoms with Crippen LogP contribution in [0.3, 0.4) is 0 Å². The molecular weight excluding hydrogens is 400 g/mol. The second-order valence-corrected chi connectivity index (χ2v) is 8.78. The Hall–Kier alpha value is -1.88. The fourth-order valence-corrected chi connectivity index (χ4v) is 4.67. The zero-order valence-electron chi connectivity index (χ0n) is 16.8. The molecule has 3 rings (SSSR count). The van der Waals surface area contributed by atoms with Crippen molar-refractivity contribution in [3.63, 3.8) is 0 Å². The highest BCUT2D eigenvalue weighted by molar-refractivity contribution is 7.89. The Morgan fingerprint density at radius 2 is 1.93 bits per heavy atom. The number of amides is 1. The lowest BCUT2D eigenvalue weighted by Gasteiger charge is -2.34. The van der Waals surface area contributed by atoms with Gasteiger partial charge < -0.3 is 23.8 Å². The zero-order chi connectivity index (χ0) is 20.9. The monoisotopic (exact) mass is 428 g/mol. The maximum absolute atomic E-state index is 12.5. The number of ether oxygens (including phenoxy) is 4. The second kappa shape index (κ2) is 9.75. The third kappa shape index (κ3) is 5.39. The average Bonchev–Trinajstić information content (AvgIpc) is 3.28. The Kier molecular flexibility index (Phi) is 7.33. The summed E-state index contributed by atoms with van der Waals surface area (Å²) in [6.07, 6.45) is 1.69. The molecule has 2 aliphatic heterocycles. The second-order valence-electron chi connectivity index (χ2n) is 7.02. The maximum atomic E-state index is 12.5. The molecule has 2 saturated heterocycles. The number of rotatable bonds is 8. The van der Waals surface area contributed by atoms with Crippen LogP contribution in [0.4, 0.5) is 0 Å². The molecular formula is C19H28N2O7S. The Bertz CT molecular complexity index is 809. The van der Waals surface area contributed by atoms with Gasteiger partial charge in [-0.25, -0.2) is 13.1 Å². The van der Waals surface area contributed by atoms with Gasteiger partial charge in [-0.15, -0.1) is 0 Å². The van der Waals surface area contributed by atoms with Crippen LogP contribution in [-0.4, -0.2) is 72.6 Å². The number of likely N-dealkylation sites (tertiary alicyclic amines) is 1. The molecule has 1 unspecified atom stereocenters. The minimum Gasteiger partial charge on any atom is -0.493 e. The predicted molar refractivity (Wildman–Crippen MR) is 104 cm³/mol. The summed E-state index contributed by atoms with van der Waals surface area (Å²) >= 11 is 0. The molecule has 0 aliphatic carbocycles. The minimum absolute atomic E-state index is 0.0209. The number of piperidine rings is 1. The molecule has 9 nitrogen and oxygen atoms in total. The number of nitrogens with zero attached hydrogens (tertiary/aromatic N) is 1. The third-order valence-corrected chi connectivity index (χ3v) is 6.60. The third-order valence-electron chi connectivity index (χ3n) is 5.14. The van der Waals surface area contributed by atoms with Gasteiger partial charge in [0.15, 0.2) is 17.8 Å². The van der Waals surface area contributed by atoms with Crippen molar-refractivity contribution in [3.8, 4) is 11.5 Å². The zero-order valence-corrected chi connectivity index (χ0v) is 17.6. The van der Waals surface area contributed by atoms with Gasteiger partial charge >= 0.3 is 0 Å². The first-order chi connectivity index (χ1) is 13.9. The van der Waals surface area contributed by atoms with Gasteiger partial charge in [0.2, 0.25) is 15.9 Å². The summed E-state index contributed by atoms with van der Waals surface area (Å²) in [5.74, 6) is 0.847. The Balaban J connectivity index is 1.52. The standard InChI is InChI=1S/C19H28N2O7S/c1-25-16-6-5-15(12-17(16)26-2)29(23,24)20-8-7-18(22)21-9-3-4-14(13-21)19-27-10-11-28-19/h5-6,12,14,19-20H,3-4,7-11,13H2,1-2H3. The first-order valence-electron chi connectivity index (χ1n) is 9.67. The van der Waals surface area contributed by atoms with Crippen LogP contribution in [0, 0.1) is 5.92 Å². The first kappa shape index (κ1) is 21.8. The largest absolute Gasteiger partial charge is 0.493 e. The summed E-state index contributed by atoms with van der Waals surface area (Å²) in [5.41, 5.74) is 0. The lowest BCUT2D eigenvalue weighted by Crippen LogP contribution is -2.44. The van der Waals surface area contributed by atoms with Crippen molar-refractivity contribution in [3.05, 3.63) is 18.2 Å². The van der Waals surface area contributed by atoms with Crippen LogP contribution in [0.2, 0.25) is 0 Å². The molecule has 0 bridgehead atoms. The average molecular weight is 429 g/mol. The summed E-state index contributed by atoms with van der Waals surface area (Å²) in [7, 11) is -0.848. The number of hydrogen-bond acceptors (Lipinski definition) is 7. The van der Waals surface area contributed by atoms with Crippen molar-refractivity contribution >= 4 is 15.9 Å². The molecule has 0 spiro atoms. The van der Waals surface area contributed by atoms with E-state index < -0.39 is 10.0 Å². The van der Waals surface area contributed by atoms with E-state index in [0.717, 1.165) is 12.8 Å². The van der Waals surface area contributed by atoms with Gasteiger partial charge in [0.1, 0.15) is 0 Å². The van der Waals surface area contributed by atoms with Crippen LogP contribution in [0.15, 0.2) is 23.1 Å². The fourth-order valence-electron chi connectivity index (χ4n) is 3.62. The molecule has 1 atom stereocenters. The predicted octanol–water partition coefficient (Wildman–Crippen LogP) is 0.984. The first-order valence-corrected chi connectivity index (χ1v) is 11.2. The van der Waals surface area contributed by atoms with E-state index in [2.05, 4.69) is 4.72 Å². The van der Waals surface area contributed by atoms with Crippen LogP contribution in [0.5, 0.6) is 11.5 Å². The van der Waals surface area contributed by atoms with Crippen LogP contribution < -0.4 is 14.2 Å². The summed E-state index contributed by atoms with van der Waals surface area (Å²) in [4.78, 5) is 14.4. The van der Waals surface area contributed by atoms with E-state index >= 15 is 0 Å². The molecule has 10 heteroatoms. The molecule has 1 amide bonds. The fraction of sp³-hybridized carbons (Fsp3) is 0.632. The van der Waals surface area contributed by atoms with Gasteiger partial charge in [0.25, 0.3) is 0 Å². The lowest BCUT2D eigenvalue weighted by molar-refractivity contribution is -0.139. The van der Waals surface area contributed by atoms with Crippen molar-refractivity contribution in [2.24, 2.45) is 5.92 Å². The van der Waals surface area contributed by atoms with Gasteiger partial charge in [-0.1, -0.05) is 0 Å². The van der Waals surface area contributed by atoms with Gasteiger partial charge in [-0.3, -0.25) is 4.79 Å². The van der Waals surface area contributed by atoms with E-state index in [4.69, 9.17) is 18.9 Å². The highest BCUT2D eigenvalue weighted by Gasteiger charge is 2.32. The quantitative estimate of drug-likeness (QED) is 0.658. The van der Waals surface area contributed by atoms with Gasteiger partial charge in [0.05, 0.1) is 32.3 Å². The SMILES string of the molecule is COc1ccc(S(=O)(=O)NCCC(=O)N2CCCC(C3OCCO3)C2)cc1OC. The topological polar surface area (TPSA) is 103 Å². The number of sulfonamides is 1. The normalized spacial score (nSPS) is 20.6. The van der Waals surface area contributed by atoms with Gasteiger partial charge in [0, 0.05) is 38.0 Å². The van der Waals surface area contributed by atoms with E-state index in [9.17, 15) is 13.2 Å². The van der Waals surface area contributed by atoms with Crippen molar-refractivity contribution in [2.45, 2.75) is 30.4 Å². The molecule has 2 aliphatic rings. The molecule has 2 fully saturated rings. The van der Waals surface area contributed by atoms with E-state index in [-0.39, 0.29) is 36.0 Å². The lowest BCUT2D eigenvalue weighted by atomic mass is 9.97. The maximum Gasteiger partial charge on any atom is 0.240 e. The summed E-state index contributed by atoms with van der Waals surface area (Å²) in [5, 5.41) is 0. The van der Waals surface area contributed by atoms with Crippen LogP contribution in [-0.2, 0) is 24.3 Å². The number of carbonyl (C=O) groups excluding carboxylic acids is 1. The molecule has 162 valence electrons.